The number of hydrogen-bond donors (Lipinski definition) is 2. The minimum atomic E-state index is -4.88. The number of rotatable bonds is 1. The molecule has 0 saturated heterocycles. The fourth-order valence-electron chi connectivity index (χ4n) is 0.818. The van der Waals surface area contributed by atoms with Crippen molar-refractivity contribution in [3.8, 4) is 11.8 Å². The highest BCUT2D eigenvalue weighted by Crippen LogP contribution is 2.32. The molecule has 0 aliphatic rings. The average Bonchev–Trinajstić information content (AvgIpc) is 2.11. The number of halogens is 3. The van der Waals surface area contributed by atoms with Crippen LogP contribution in [0.1, 0.15) is 5.69 Å². The summed E-state index contributed by atoms with van der Waals surface area (Å²) >= 11 is 0. The summed E-state index contributed by atoms with van der Waals surface area (Å²) in [6.07, 6.45) is -4.19. The number of alkyl halides is 3. The molecule has 5 nitrogen and oxygen atoms in total. The molecule has 0 spiro atoms. The summed E-state index contributed by atoms with van der Waals surface area (Å²) in [5.41, 5.74) is 9.44. The van der Waals surface area contributed by atoms with E-state index in [4.69, 9.17) is 16.7 Å². The zero-order valence-electron chi connectivity index (χ0n) is 7.17. The van der Waals surface area contributed by atoms with Crippen molar-refractivity contribution in [2.45, 2.75) is 6.36 Å². The van der Waals surface area contributed by atoms with Gasteiger partial charge < -0.3 is 16.2 Å². The van der Waals surface area contributed by atoms with E-state index in [0.717, 1.165) is 0 Å². The molecule has 0 bridgehead atoms. The first-order valence-corrected chi connectivity index (χ1v) is 3.55. The molecule has 0 aromatic carbocycles. The summed E-state index contributed by atoms with van der Waals surface area (Å²) < 4.78 is 39.0. The van der Waals surface area contributed by atoms with Crippen LogP contribution in [0, 0.1) is 11.3 Å². The van der Waals surface area contributed by atoms with Gasteiger partial charge in [0.25, 0.3) is 0 Å². The van der Waals surface area contributed by atoms with Crippen LogP contribution in [-0.2, 0) is 0 Å². The number of aromatic nitrogens is 1. The molecule has 0 atom stereocenters. The third-order valence-electron chi connectivity index (χ3n) is 1.45. The monoisotopic (exact) mass is 218 g/mol. The van der Waals surface area contributed by atoms with Gasteiger partial charge in [0.2, 0.25) is 0 Å². The Labute approximate surface area is 82.1 Å². The van der Waals surface area contributed by atoms with Gasteiger partial charge in [0, 0.05) is 0 Å². The van der Waals surface area contributed by atoms with Crippen LogP contribution in [0.15, 0.2) is 6.20 Å². The number of pyridine rings is 1. The van der Waals surface area contributed by atoms with Crippen molar-refractivity contribution in [2.75, 3.05) is 11.5 Å². The van der Waals surface area contributed by atoms with Gasteiger partial charge in [0.05, 0.1) is 11.9 Å². The number of nitriles is 1. The van der Waals surface area contributed by atoms with Crippen LogP contribution >= 0.6 is 0 Å². The van der Waals surface area contributed by atoms with Gasteiger partial charge >= 0.3 is 6.36 Å². The SMILES string of the molecule is N#Cc1ncc(OC(F)(F)F)c(N)c1N. The van der Waals surface area contributed by atoms with Crippen molar-refractivity contribution in [3.63, 3.8) is 0 Å². The topological polar surface area (TPSA) is 97.9 Å². The Morgan fingerprint density at radius 1 is 1.33 bits per heavy atom. The van der Waals surface area contributed by atoms with Crippen molar-refractivity contribution in [1.82, 2.24) is 4.98 Å². The second-order valence-electron chi connectivity index (χ2n) is 2.46. The molecule has 0 fully saturated rings. The first-order valence-electron chi connectivity index (χ1n) is 3.55. The highest BCUT2D eigenvalue weighted by atomic mass is 19.4. The maximum absolute atomic E-state index is 11.8. The van der Waals surface area contributed by atoms with Gasteiger partial charge in [-0.05, 0) is 0 Å². The first kappa shape index (κ1) is 10.9. The number of anilines is 2. The molecule has 0 amide bonds. The summed E-state index contributed by atoms with van der Waals surface area (Å²) in [6, 6.07) is 1.57. The van der Waals surface area contributed by atoms with Crippen LogP contribution in [0.5, 0.6) is 5.75 Å². The molecule has 1 rings (SSSR count). The Balaban J connectivity index is 3.14. The number of hydrogen-bond acceptors (Lipinski definition) is 5. The van der Waals surface area contributed by atoms with E-state index in [-0.39, 0.29) is 11.4 Å². The van der Waals surface area contributed by atoms with E-state index >= 15 is 0 Å². The highest BCUT2D eigenvalue weighted by molar-refractivity contribution is 5.74. The molecule has 1 aromatic heterocycles. The molecular weight excluding hydrogens is 213 g/mol. The Bertz CT molecular complexity index is 423. The Morgan fingerprint density at radius 3 is 2.40 bits per heavy atom. The number of nitrogens with zero attached hydrogens (tertiary/aromatic N) is 2. The van der Waals surface area contributed by atoms with Gasteiger partial charge in [-0.3, -0.25) is 0 Å². The lowest BCUT2D eigenvalue weighted by Crippen LogP contribution is -2.18. The lowest BCUT2D eigenvalue weighted by Gasteiger charge is -2.11. The summed E-state index contributed by atoms with van der Waals surface area (Å²) in [5, 5.41) is 8.46. The molecule has 0 aliphatic carbocycles. The molecule has 1 aromatic rings. The molecule has 0 aliphatic heterocycles. The van der Waals surface area contributed by atoms with E-state index in [2.05, 4.69) is 9.72 Å². The quantitative estimate of drug-likeness (QED) is 0.733. The van der Waals surface area contributed by atoms with E-state index in [1.165, 1.54) is 0 Å². The maximum atomic E-state index is 11.8. The summed E-state index contributed by atoms with van der Waals surface area (Å²) in [7, 11) is 0. The normalized spacial score (nSPS) is 10.8. The molecule has 8 heteroatoms. The lowest BCUT2D eigenvalue weighted by atomic mass is 10.2. The fraction of sp³-hybridized carbons (Fsp3) is 0.143. The predicted octanol–water partition coefficient (Wildman–Crippen LogP) is 1.02. The Hall–Kier alpha value is -2.17. The van der Waals surface area contributed by atoms with Crippen LogP contribution in [0.3, 0.4) is 0 Å². The van der Waals surface area contributed by atoms with Crippen molar-refractivity contribution in [3.05, 3.63) is 11.9 Å². The highest BCUT2D eigenvalue weighted by Gasteiger charge is 2.32. The maximum Gasteiger partial charge on any atom is 0.573 e. The van der Waals surface area contributed by atoms with Crippen molar-refractivity contribution in [2.24, 2.45) is 0 Å². The molecule has 15 heavy (non-hydrogen) atoms. The van der Waals surface area contributed by atoms with E-state index in [9.17, 15) is 13.2 Å². The average molecular weight is 218 g/mol. The predicted molar refractivity (Wildman–Crippen MR) is 44.5 cm³/mol. The second-order valence-corrected chi connectivity index (χ2v) is 2.46. The summed E-state index contributed by atoms with van der Waals surface area (Å²) in [6.45, 7) is 0. The Kier molecular flexibility index (Phi) is 2.57. The number of ether oxygens (including phenoxy) is 1. The largest absolute Gasteiger partial charge is 0.573 e. The van der Waals surface area contributed by atoms with Gasteiger partial charge in [-0.2, -0.15) is 5.26 Å². The summed E-state index contributed by atoms with van der Waals surface area (Å²) in [4.78, 5) is 3.35. The van der Waals surface area contributed by atoms with Crippen LogP contribution in [-0.4, -0.2) is 11.3 Å². The van der Waals surface area contributed by atoms with Gasteiger partial charge in [-0.25, -0.2) is 4.98 Å². The first-order chi connectivity index (χ1) is 6.85. The van der Waals surface area contributed by atoms with Gasteiger partial charge in [0.1, 0.15) is 11.8 Å². The lowest BCUT2D eigenvalue weighted by molar-refractivity contribution is -0.274. The van der Waals surface area contributed by atoms with Crippen LogP contribution in [0.25, 0.3) is 0 Å². The van der Waals surface area contributed by atoms with E-state index in [1.54, 1.807) is 6.07 Å². The standard InChI is InChI=1S/C7H5F3N4O/c8-7(9,10)15-4-2-14-3(1-11)5(12)6(4)13/h2H,12H2,(H2,13,14). The molecule has 0 radical (unpaired) electrons. The molecule has 1 heterocycles. The molecular formula is C7H5F3N4O. The van der Waals surface area contributed by atoms with E-state index < -0.39 is 17.8 Å². The third-order valence-corrected chi connectivity index (χ3v) is 1.45. The van der Waals surface area contributed by atoms with E-state index in [0.29, 0.717) is 6.20 Å². The van der Waals surface area contributed by atoms with Gasteiger partial charge in [0.15, 0.2) is 11.4 Å². The second kappa shape index (κ2) is 3.53. The van der Waals surface area contributed by atoms with Crippen molar-refractivity contribution in [1.29, 1.82) is 5.26 Å². The summed E-state index contributed by atoms with van der Waals surface area (Å²) in [5.74, 6) is -0.723. The van der Waals surface area contributed by atoms with Crippen molar-refractivity contribution >= 4 is 11.4 Å². The fourth-order valence-corrected chi connectivity index (χ4v) is 0.818. The Morgan fingerprint density at radius 2 is 1.93 bits per heavy atom. The van der Waals surface area contributed by atoms with Crippen LogP contribution < -0.4 is 16.2 Å². The zero-order valence-corrected chi connectivity index (χ0v) is 7.17. The van der Waals surface area contributed by atoms with Gasteiger partial charge in [-0.1, -0.05) is 0 Å². The molecule has 0 unspecified atom stereocenters. The number of nitrogen functional groups attached to an aromatic ring is 2. The van der Waals surface area contributed by atoms with Crippen LogP contribution in [0.2, 0.25) is 0 Å². The van der Waals surface area contributed by atoms with E-state index in [1.807, 2.05) is 0 Å². The minimum Gasteiger partial charge on any atom is -0.402 e. The van der Waals surface area contributed by atoms with Crippen molar-refractivity contribution < 1.29 is 17.9 Å². The van der Waals surface area contributed by atoms with Crippen LogP contribution in [0.4, 0.5) is 24.5 Å². The smallest absolute Gasteiger partial charge is 0.402 e. The van der Waals surface area contributed by atoms with Gasteiger partial charge in [-0.15, -0.1) is 13.2 Å². The third kappa shape index (κ3) is 2.40. The molecule has 4 N–H and O–H groups in total. The minimum absolute atomic E-state index is 0.248. The zero-order chi connectivity index (χ0) is 11.6. The number of nitrogens with two attached hydrogens (primary N) is 2. The molecule has 0 saturated carbocycles. The molecule has 80 valence electrons.